The van der Waals surface area contributed by atoms with Gasteiger partial charge < -0.3 is 10.8 Å². The molecule has 0 aliphatic rings. The van der Waals surface area contributed by atoms with E-state index < -0.39 is 6.10 Å². The van der Waals surface area contributed by atoms with Gasteiger partial charge in [0.05, 0.1) is 36.4 Å². The lowest BCUT2D eigenvalue weighted by molar-refractivity contribution is 0.199. The second kappa shape index (κ2) is 8.48. The first kappa shape index (κ1) is 18.7. The van der Waals surface area contributed by atoms with E-state index in [1.807, 2.05) is 41.1 Å². The summed E-state index contributed by atoms with van der Waals surface area (Å²) >= 11 is 0. The van der Waals surface area contributed by atoms with Crippen molar-refractivity contribution < 1.29 is 5.11 Å². The van der Waals surface area contributed by atoms with E-state index in [0.29, 0.717) is 5.69 Å². The number of aromatic nitrogens is 6. The lowest BCUT2D eigenvalue weighted by Crippen LogP contribution is -2.06. The molecule has 3 N–H and O–H groups in total. The maximum atomic E-state index is 9.08. The Morgan fingerprint density at radius 2 is 1.48 bits per heavy atom. The van der Waals surface area contributed by atoms with Crippen molar-refractivity contribution in [3.63, 3.8) is 0 Å². The number of aliphatic hydroxyl groups is 1. The number of rotatable bonds is 5. The van der Waals surface area contributed by atoms with E-state index in [2.05, 4.69) is 29.1 Å². The van der Waals surface area contributed by atoms with Gasteiger partial charge in [-0.2, -0.15) is 15.3 Å². The fraction of sp³-hybridized carbons (Fsp3) is 0.471. The minimum Gasteiger partial charge on any atom is -0.396 e. The molecular weight excluding hydrogens is 318 g/mol. The van der Waals surface area contributed by atoms with Gasteiger partial charge in [0, 0.05) is 42.8 Å². The van der Waals surface area contributed by atoms with Crippen LogP contribution in [0.3, 0.4) is 0 Å². The molecule has 3 heterocycles. The van der Waals surface area contributed by atoms with Gasteiger partial charge in [0.25, 0.3) is 0 Å². The Hall–Kier alpha value is -2.61. The van der Waals surface area contributed by atoms with Crippen LogP contribution < -0.4 is 5.73 Å². The first-order chi connectivity index (χ1) is 11.9. The lowest BCUT2D eigenvalue weighted by atomic mass is 10.2. The molecule has 0 saturated carbocycles. The highest BCUT2D eigenvalue weighted by atomic mass is 16.3. The van der Waals surface area contributed by atoms with E-state index in [-0.39, 0.29) is 6.04 Å². The monoisotopic (exact) mass is 345 g/mol. The van der Waals surface area contributed by atoms with Crippen LogP contribution in [0.4, 0.5) is 5.69 Å². The predicted molar refractivity (Wildman–Crippen MR) is 96.9 cm³/mol. The number of nitrogens with two attached hydrogens (primary N) is 1. The Balaban J connectivity index is 0.000000196. The number of hydrogen-bond acceptors (Lipinski definition) is 5. The summed E-state index contributed by atoms with van der Waals surface area (Å²) in [6.07, 6.45) is 10.5. The molecule has 0 aliphatic heterocycles. The van der Waals surface area contributed by atoms with E-state index >= 15 is 0 Å². The SMILES string of the molecule is CCn1cc(C(C)O)cn1.CCn1cc(C(C)n2cc(N)cn2)cn1. The van der Waals surface area contributed by atoms with Crippen LogP contribution in [0.5, 0.6) is 0 Å². The molecule has 0 saturated heterocycles. The van der Waals surface area contributed by atoms with E-state index in [1.54, 1.807) is 24.0 Å². The number of nitrogen functional groups attached to an aromatic ring is 1. The highest BCUT2D eigenvalue weighted by Crippen LogP contribution is 2.17. The molecule has 3 aromatic heterocycles. The third kappa shape index (κ3) is 4.93. The molecule has 0 fully saturated rings. The average Bonchev–Trinajstić information content (AvgIpc) is 3.34. The van der Waals surface area contributed by atoms with Gasteiger partial charge in [-0.3, -0.25) is 14.0 Å². The Morgan fingerprint density at radius 3 is 1.88 bits per heavy atom. The lowest BCUT2D eigenvalue weighted by Gasteiger charge is -2.08. The predicted octanol–water partition coefficient (Wildman–Crippen LogP) is 2.25. The largest absolute Gasteiger partial charge is 0.396 e. The minimum atomic E-state index is -0.403. The van der Waals surface area contributed by atoms with Gasteiger partial charge in [-0.05, 0) is 27.7 Å². The molecule has 0 radical (unpaired) electrons. The van der Waals surface area contributed by atoms with Crippen molar-refractivity contribution in [1.82, 2.24) is 29.3 Å². The van der Waals surface area contributed by atoms with Gasteiger partial charge >= 0.3 is 0 Å². The quantitative estimate of drug-likeness (QED) is 0.739. The van der Waals surface area contributed by atoms with Gasteiger partial charge in [-0.25, -0.2) is 0 Å². The van der Waals surface area contributed by atoms with Crippen molar-refractivity contribution >= 4 is 5.69 Å². The zero-order valence-corrected chi connectivity index (χ0v) is 15.2. The second-order valence-corrected chi connectivity index (χ2v) is 5.86. The minimum absolute atomic E-state index is 0.169. The molecule has 25 heavy (non-hydrogen) atoms. The molecule has 8 nitrogen and oxygen atoms in total. The number of aliphatic hydroxyl groups excluding tert-OH is 1. The van der Waals surface area contributed by atoms with Gasteiger partial charge in [0.15, 0.2) is 0 Å². The molecule has 2 unspecified atom stereocenters. The van der Waals surface area contributed by atoms with E-state index in [0.717, 1.165) is 24.2 Å². The van der Waals surface area contributed by atoms with Crippen LogP contribution in [0.25, 0.3) is 0 Å². The van der Waals surface area contributed by atoms with Crippen LogP contribution in [0, 0.1) is 0 Å². The number of anilines is 1. The van der Waals surface area contributed by atoms with Crippen LogP contribution in [-0.4, -0.2) is 34.4 Å². The molecule has 8 heteroatoms. The number of aryl methyl sites for hydroxylation is 2. The highest BCUT2D eigenvalue weighted by molar-refractivity contribution is 5.31. The van der Waals surface area contributed by atoms with E-state index in [9.17, 15) is 0 Å². The van der Waals surface area contributed by atoms with Crippen molar-refractivity contribution in [3.05, 3.63) is 48.3 Å². The molecule has 0 bridgehead atoms. The smallest absolute Gasteiger partial charge is 0.0792 e. The first-order valence-electron chi connectivity index (χ1n) is 8.47. The zero-order valence-electron chi connectivity index (χ0n) is 15.2. The zero-order chi connectivity index (χ0) is 18.4. The normalized spacial score (nSPS) is 13.2. The van der Waals surface area contributed by atoms with Crippen molar-refractivity contribution in [2.75, 3.05) is 5.73 Å². The van der Waals surface area contributed by atoms with E-state index in [1.165, 1.54) is 0 Å². The topological polar surface area (TPSA) is 99.7 Å². The van der Waals surface area contributed by atoms with Gasteiger partial charge in [0.1, 0.15) is 0 Å². The molecule has 3 aromatic rings. The second-order valence-electron chi connectivity index (χ2n) is 5.86. The maximum absolute atomic E-state index is 9.08. The third-order valence-electron chi connectivity index (χ3n) is 3.94. The van der Waals surface area contributed by atoms with Gasteiger partial charge in [-0.1, -0.05) is 0 Å². The van der Waals surface area contributed by atoms with Crippen LogP contribution >= 0.6 is 0 Å². The van der Waals surface area contributed by atoms with Crippen LogP contribution in [0.2, 0.25) is 0 Å². The number of hydrogen-bond donors (Lipinski definition) is 2. The number of nitrogens with zero attached hydrogens (tertiary/aromatic N) is 6. The molecule has 2 atom stereocenters. The molecular formula is C17H27N7O. The summed E-state index contributed by atoms with van der Waals surface area (Å²) in [5.41, 5.74) is 8.32. The van der Waals surface area contributed by atoms with Crippen LogP contribution in [0.15, 0.2) is 37.2 Å². The summed E-state index contributed by atoms with van der Waals surface area (Å²) < 4.78 is 5.53. The standard InChI is InChI=1S/C10H15N5.C7H12N2O/c1-3-14-6-9(4-12-14)8(2)15-7-10(11)5-13-15;1-3-9-5-7(4-8-9)6(2)10/h4-8H,3,11H2,1-2H3;4-6,10H,3H2,1-2H3. The fourth-order valence-electron chi connectivity index (χ4n) is 2.25. The van der Waals surface area contributed by atoms with Crippen molar-refractivity contribution in [2.45, 2.75) is 52.9 Å². The van der Waals surface area contributed by atoms with Crippen molar-refractivity contribution in [2.24, 2.45) is 0 Å². The molecule has 0 aromatic carbocycles. The van der Waals surface area contributed by atoms with Crippen molar-refractivity contribution in [3.8, 4) is 0 Å². The molecule has 0 aliphatic carbocycles. The van der Waals surface area contributed by atoms with E-state index in [4.69, 9.17) is 10.8 Å². The van der Waals surface area contributed by atoms with Crippen LogP contribution in [0.1, 0.15) is 51.0 Å². The maximum Gasteiger partial charge on any atom is 0.0792 e. The van der Waals surface area contributed by atoms with Crippen molar-refractivity contribution in [1.29, 1.82) is 0 Å². The third-order valence-corrected chi connectivity index (χ3v) is 3.94. The van der Waals surface area contributed by atoms with Crippen LogP contribution in [-0.2, 0) is 13.1 Å². The van der Waals surface area contributed by atoms with Gasteiger partial charge in [0.2, 0.25) is 0 Å². The summed E-state index contributed by atoms with van der Waals surface area (Å²) in [4.78, 5) is 0. The molecule has 0 spiro atoms. The Kier molecular flexibility index (Phi) is 6.35. The average molecular weight is 345 g/mol. The summed E-state index contributed by atoms with van der Waals surface area (Å²) in [5, 5.41) is 21.5. The van der Waals surface area contributed by atoms with Gasteiger partial charge in [-0.15, -0.1) is 0 Å². The molecule has 3 rings (SSSR count). The molecule has 136 valence electrons. The Bertz CT molecular complexity index is 771. The Morgan fingerprint density at radius 1 is 0.920 bits per heavy atom. The summed E-state index contributed by atoms with van der Waals surface area (Å²) in [5.74, 6) is 0. The molecule has 0 amide bonds. The summed E-state index contributed by atoms with van der Waals surface area (Å²) in [6.45, 7) is 9.62. The highest BCUT2D eigenvalue weighted by Gasteiger charge is 2.10. The first-order valence-corrected chi connectivity index (χ1v) is 8.47. The fourth-order valence-corrected chi connectivity index (χ4v) is 2.25. The summed E-state index contributed by atoms with van der Waals surface area (Å²) in [7, 11) is 0. The Labute approximate surface area is 147 Å². The summed E-state index contributed by atoms with van der Waals surface area (Å²) in [6, 6.07) is 0.169.